The van der Waals surface area contributed by atoms with Crippen molar-refractivity contribution in [2.45, 2.75) is 19.4 Å². The largest absolute Gasteiger partial charge is 0.458 e. The van der Waals surface area contributed by atoms with Gasteiger partial charge < -0.3 is 9.84 Å². The molecule has 0 bridgehead atoms. The lowest BCUT2D eigenvalue weighted by atomic mass is 10.1. The molecular formula is C11H14O3. The van der Waals surface area contributed by atoms with Gasteiger partial charge in [0.05, 0.1) is 13.0 Å². The van der Waals surface area contributed by atoms with E-state index in [0.717, 1.165) is 5.56 Å². The highest BCUT2D eigenvalue weighted by molar-refractivity contribution is 5.69. The highest BCUT2D eigenvalue weighted by atomic mass is 16.5. The molecule has 3 heteroatoms. The highest BCUT2D eigenvalue weighted by Crippen LogP contribution is 2.16. The van der Waals surface area contributed by atoms with Crippen LogP contribution in [0.3, 0.4) is 0 Å². The van der Waals surface area contributed by atoms with Crippen LogP contribution in [0.5, 0.6) is 0 Å². The van der Waals surface area contributed by atoms with Crippen molar-refractivity contribution in [3.05, 3.63) is 35.9 Å². The number of ether oxygens (including phenoxy) is 1. The minimum absolute atomic E-state index is 0.0528. The van der Waals surface area contributed by atoms with E-state index in [1.54, 1.807) is 0 Å². The smallest absolute Gasteiger partial charge is 0.308 e. The Kier molecular flexibility index (Phi) is 4.13. The van der Waals surface area contributed by atoms with E-state index >= 15 is 0 Å². The van der Waals surface area contributed by atoms with Gasteiger partial charge in [0.25, 0.3) is 0 Å². The van der Waals surface area contributed by atoms with Crippen molar-refractivity contribution in [2.75, 3.05) is 6.61 Å². The lowest BCUT2D eigenvalue weighted by molar-refractivity contribution is -0.149. The molecule has 0 fully saturated rings. The third-order valence-corrected chi connectivity index (χ3v) is 1.89. The molecule has 0 aliphatic carbocycles. The Morgan fingerprint density at radius 1 is 1.43 bits per heavy atom. The predicted molar refractivity (Wildman–Crippen MR) is 52.7 cm³/mol. The van der Waals surface area contributed by atoms with Gasteiger partial charge in [-0.05, 0) is 12.5 Å². The summed E-state index contributed by atoms with van der Waals surface area (Å²) in [6.45, 7) is 1.64. The molecule has 1 rings (SSSR count). The summed E-state index contributed by atoms with van der Waals surface area (Å²) >= 11 is 0. The maximum atomic E-state index is 11.0. The maximum Gasteiger partial charge on any atom is 0.308 e. The molecule has 76 valence electrons. The van der Waals surface area contributed by atoms with E-state index in [1.165, 1.54) is 0 Å². The molecule has 0 aliphatic heterocycles. The van der Waals surface area contributed by atoms with Crippen LogP contribution in [-0.2, 0) is 9.53 Å². The summed E-state index contributed by atoms with van der Waals surface area (Å²) in [5.41, 5.74) is 0.957. The standard InChI is InChI=1S/C11H14O3/c1-9(14-11(13)7-8-12)10-5-3-2-4-6-10/h2-6,9,12H,7-8H2,1H3/t9-/m1/s1. The third-order valence-electron chi connectivity index (χ3n) is 1.89. The zero-order valence-electron chi connectivity index (χ0n) is 8.14. The second kappa shape index (κ2) is 5.40. The van der Waals surface area contributed by atoms with E-state index in [9.17, 15) is 4.79 Å². The predicted octanol–water partition coefficient (Wildman–Crippen LogP) is 1.67. The van der Waals surface area contributed by atoms with Crippen LogP contribution in [0.15, 0.2) is 30.3 Å². The monoisotopic (exact) mass is 194 g/mol. The van der Waals surface area contributed by atoms with Crippen molar-refractivity contribution >= 4 is 5.97 Å². The Balaban J connectivity index is 2.50. The summed E-state index contributed by atoms with van der Waals surface area (Å²) in [7, 11) is 0. The summed E-state index contributed by atoms with van der Waals surface area (Å²) in [6.07, 6.45) is -0.202. The molecule has 0 amide bonds. The van der Waals surface area contributed by atoms with Crippen LogP contribution in [0.25, 0.3) is 0 Å². The molecule has 1 aromatic carbocycles. The summed E-state index contributed by atoms with van der Waals surface area (Å²) in [5.74, 6) is -0.371. The van der Waals surface area contributed by atoms with Gasteiger partial charge in [0.2, 0.25) is 0 Å². The van der Waals surface area contributed by atoms with E-state index in [4.69, 9.17) is 9.84 Å². The summed E-state index contributed by atoms with van der Waals surface area (Å²) < 4.78 is 5.08. The molecule has 1 atom stereocenters. The molecular weight excluding hydrogens is 180 g/mol. The zero-order valence-corrected chi connectivity index (χ0v) is 8.14. The Bertz CT molecular complexity index is 282. The molecule has 0 heterocycles. The Labute approximate surface area is 83.3 Å². The van der Waals surface area contributed by atoms with Gasteiger partial charge in [-0.1, -0.05) is 30.3 Å². The van der Waals surface area contributed by atoms with E-state index in [0.29, 0.717) is 0 Å². The van der Waals surface area contributed by atoms with E-state index in [-0.39, 0.29) is 25.1 Å². The van der Waals surface area contributed by atoms with Crippen LogP contribution in [0.1, 0.15) is 25.0 Å². The molecule has 1 aromatic rings. The summed E-state index contributed by atoms with van der Waals surface area (Å²) in [5, 5.41) is 8.52. The molecule has 0 saturated carbocycles. The van der Waals surface area contributed by atoms with Gasteiger partial charge >= 0.3 is 5.97 Å². The second-order valence-corrected chi connectivity index (χ2v) is 3.02. The zero-order chi connectivity index (χ0) is 10.4. The van der Waals surface area contributed by atoms with E-state index in [2.05, 4.69) is 0 Å². The lowest BCUT2D eigenvalue weighted by Crippen LogP contribution is -2.09. The molecule has 0 spiro atoms. The Morgan fingerprint density at radius 3 is 2.64 bits per heavy atom. The number of esters is 1. The third kappa shape index (κ3) is 3.18. The number of benzene rings is 1. The number of aliphatic hydroxyl groups excluding tert-OH is 1. The minimum Gasteiger partial charge on any atom is -0.458 e. The molecule has 0 unspecified atom stereocenters. The first-order valence-electron chi connectivity index (χ1n) is 4.59. The summed E-state index contributed by atoms with van der Waals surface area (Å²) in [4.78, 5) is 11.0. The summed E-state index contributed by atoms with van der Waals surface area (Å²) in [6, 6.07) is 9.50. The number of hydrogen-bond acceptors (Lipinski definition) is 3. The quantitative estimate of drug-likeness (QED) is 0.742. The van der Waals surface area contributed by atoms with Gasteiger partial charge in [-0.2, -0.15) is 0 Å². The van der Waals surface area contributed by atoms with Gasteiger partial charge in [-0.25, -0.2) is 0 Å². The molecule has 14 heavy (non-hydrogen) atoms. The molecule has 0 saturated heterocycles. The molecule has 1 N–H and O–H groups in total. The fourth-order valence-electron chi connectivity index (χ4n) is 1.14. The number of aliphatic hydroxyl groups is 1. The van der Waals surface area contributed by atoms with Crippen molar-refractivity contribution < 1.29 is 14.6 Å². The van der Waals surface area contributed by atoms with Crippen LogP contribution in [0.4, 0.5) is 0 Å². The topological polar surface area (TPSA) is 46.5 Å². The van der Waals surface area contributed by atoms with Crippen molar-refractivity contribution in [3.8, 4) is 0 Å². The fraction of sp³-hybridized carbons (Fsp3) is 0.364. The second-order valence-electron chi connectivity index (χ2n) is 3.02. The highest BCUT2D eigenvalue weighted by Gasteiger charge is 2.09. The van der Waals surface area contributed by atoms with Gasteiger partial charge in [0.15, 0.2) is 0 Å². The Hall–Kier alpha value is -1.35. The molecule has 0 aromatic heterocycles. The van der Waals surface area contributed by atoms with Crippen molar-refractivity contribution in [2.24, 2.45) is 0 Å². The van der Waals surface area contributed by atoms with E-state index in [1.807, 2.05) is 37.3 Å². The van der Waals surface area contributed by atoms with Crippen molar-refractivity contribution in [1.82, 2.24) is 0 Å². The molecule has 3 nitrogen and oxygen atoms in total. The molecule has 0 radical (unpaired) electrons. The Morgan fingerprint density at radius 2 is 2.07 bits per heavy atom. The first-order chi connectivity index (χ1) is 6.74. The van der Waals surface area contributed by atoms with E-state index < -0.39 is 0 Å². The van der Waals surface area contributed by atoms with Crippen molar-refractivity contribution in [1.29, 1.82) is 0 Å². The van der Waals surface area contributed by atoms with Gasteiger partial charge in [0, 0.05) is 0 Å². The number of carbonyl (C=O) groups excluding carboxylic acids is 1. The van der Waals surface area contributed by atoms with Gasteiger partial charge in [-0.3, -0.25) is 4.79 Å². The number of rotatable bonds is 4. The first kappa shape index (κ1) is 10.7. The number of hydrogen-bond donors (Lipinski definition) is 1. The van der Waals surface area contributed by atoms with Crippen LogP contribution in [0, 0.1) is 0 Å². The SMILES string of the molecule is C[C@@H](OC(=O)CCO)c1ccccc1. The maximum absolute atomic E-state index is 11.0. The normalized spacial score (nSPS) is 12.1. The fourth-order valence-corrected chi connectivity index (χ4v) is 1.14. The lowest BCUT2D eigenvalue weighted by Gasteiger charge is -2.12. The average Bonchev–Trinajstić information content (AvgIpc) is 2.19. The number of carbonyl (C=O) groups is 1. The van der Waals surface area contributed by atoms with Crippen molar-refractivity contribution in [3.63, 3.8) is 0 Å². The van der Waals surface area contributed by atoms with Crippen LogP contribution in [0.2, 0.25) is 0 Å². The van der Waals surface area contributed by atoms with Gasteiger partial charge in [-0.15, -0.1) is 0 Å². The van der Waals surface area contributed by atoms with Crippen LogP contribution in [-0.4, -0.2) is 17.7 Å². The molecule has 0 aliphatic rings. The first-order valence-corrected chi connectivity index (χ1v) is 4.59. The minimum atomic E-state index is -0.371. The average molecular weight is 194 g/mol. The van der Waals surface area contributed by atoms with Crippen LogP contribution < -0.4 is 0 Å². The van der Waals surface area contributed by atoms with Gasteiger partial charge in [0.1, 0.15) is 6.10 Å². The van der Waals surface area contributed by atoms with Crippen LogP contribution >= 0.6 is 0 Å².